The van der Waals surface area contributed by atoms with Gasteiger partial charge >= 0.3 is 5.97 Å². The second-order valence-electron chi connectivity index (χ2n) is 8.23. The molecule has 1 amide bonds. The second-order valence-corrected chi connectivity index (χ2v) is 8.23. The minimum Gasteiger partial charge on any atom is -0.461 e. The molecule has 9 heteroatoms. The maximum absolute atomic E-state index is 12.8. The van der Waals surface area contributed by atoms with Gasteiger partial charge in [0.05, 0.1) is 18.6 Å². The summed E-state index contributed by atoms with van der Waals surface area (Å²) in [6, 6.07) is 0. The van der Waals surface area contributed by atoms with Gasteiger partial charge < -0.3 is 19.4 Å². The number of imidazole rings is 1. The quantitative estimate of drug-likeness (QED) is 0.567. The molecule has 2 aliphatic heterocycles. The zero-order valence-electron chi connectivity index (χ0n) is 17.6. The Hall–Kier alpha value is -2.68. The standard InChI is InChI=1S/C21H29N5O4/c1-3-26-18-15(11-21(13-22-19(18)27)6-9-29-10-7-21)16(24-26)5-4-8-30-20(28)17-12-25(2)14-23-17/h12,14H,3-11,13H2,1-2H3,(H,22,27). The van der Waals surface area contributed by atoms with E-state index < -0.39 is 5.97 Å². The molecule has 0 radical (unpaired) electrons. The van der Waals surface area contributed by atoms with Crippen LogP contribution in [-0.4, -0.2) is 57.6 Å². The Morgan fingerprint density at radius 2 is 2.17 bits per heavy atom. The minimum absolute atomic E-state index is 0.0287. The molecule has 0 saturated carbocycles. The van der Waals surface area contributed by atoms with E-state index >= 15 is 0 Å². The van der Waals surface area contributed by atoms with Crippen LogP contribution in [0.3, 0.4) is 0 Å². The summed E-state index contributed by atoms with van der Waals surface area (Å²) >= 11 is 0. The van der Waals surface area contributed by atoms with Crippen LogP contribution in [0.4, 0.5) is 0 Å². The van der Waals surface area contributed by atoms with E-state index in [4.69, 9.17) is 14.6 Å². The second kappa shape index (κ2) is 8.59. The Bertz CT molecular complexity index is 926. The zero-order chi connectivity index (χ0) is 21.1. The third-order valence-electron chi connectivity index (χ3n) is 6.08. The number of nitrogens with one attached hydrogen (secondary N) is 1. The normalized spacial score (nSPS) is 18.0. The van der Waals surface area contributed by atoms with Gasteiger partial charge in [-0.2, -0.15) is 5.10 Å². The summed E-state index contributed by atoms with van der Waals surface area (Å²) in [5.41, 5.74) is 3.00. The van der Waals surface area contributed by atoms with Gasteiger partial charge in [-0.15, -0.1) is 0 Å². The van der Waals surface area contributed by atoms with Crippen molar-refractivity contribution < 1.29 is 19.1 Å². The number of hydrogen-bond donors (Lipinski definition) is 1. The number of aryl methyl sites for hydroxylation is 3. The molecule has 1 spiro atoms. The molecule has 9 nitrogen and oxygen atoms in total. The number of esters is 1. The first-order valence-electron chi connectivity index (χ1n) is 10.6. The summed E-state index contributed by atoms with van der Waals surface area (Å²) in [5.74, 6) is -0.468. The smallest absolute Gasteiger partial charge is 0.358 e. The van der Waals surface area contributed by atoms with Crippen molar-refractivity contribution in [3.63, 3.8) is 0 Å². The van der Waals surface area contributed by atoms with Crippen LogP contribution in [0.1, 0.15) is 58.4 Å². The van der Waals surface area contributed by atoms with Crippen molar-refractivity contribution in [3.8, 4) is 0 Å². The van der Waals surface area contributed by atoms with E-state index in [1.165, 1.54) is 0 Å². The summed E-state index contributed by atoms with van der Waals surface area (Å²) in [5, 5.41) is 7.85. The fourth-order valence-corrected chi connectivity index (χ4v) is 4.36. The maximum Gasteiger partial charge on any atom is 0.358 e. The van der Waals surface area contributed by atoms with Crippen LogP contribution in [-0.2, 0) is 35.9 Å². The first kappa shape index (κ1) is 20.6. The topological polar surface area (TPSA) is 100 Å². The number of ether oxygens (including phenoxy) is 2. The predicted octanol–water partition coefficient (Wildman–Crippen LogP) is 1.51. The van der Waals surface area contributed by atoms with Gasteiger partial charge in [-0.3, -0.25) is 9.48 Å². The van der Waals surface area contributed by atoms with Crippen LogP contribution in [0.5, 0.6) is 0 Å². The largest absolute Gasteiger partial charge is 0.461 e. The molecule has 0 bridgehead atoms. The fraction of sp³-hybridized carbons (Fsp3) is 0.619. The number of amides is 1. The molecule has 4 heterocycles. The minimum atomic E-state index is -0.422. The van der Waals surface area contributed by atoms with E-state index in [0.717, 1.165) is 43.7 Å². The molecular weight excluding hydrogens is 386 g/mol. The zero-order valence-corrected chi connectivity index (χ0v) is 17.6. The van der Waals surface area contributed by atoms with Crippen molar-refractivity contribution in [1.29, 1.82) is 0 Å². The first-order valence-corrected chi connectivity index (χ1v) is 10.6. The van der Waals surface area contributed by atoms with Gasteiger partial charge in [0.2, 0.25) is 0 Å². The van der Waals surface area contributed by atoms with E-state index in [1.807, 2.05) is 6.92 Å². The Morgan fingerprint density at radius 3 is 2.87 bits per heavy atom. The first-order chi connectivity index (χ1) is 14.5. The molecule has 1 fully saturated rings. The van der Waals surface area contributed by atoms with Crippen LogP contribution in [0.2, 0.25) is 0 Å². The summed E-state index contributed by atoms with van der Waals surface area (Å²) < 4.78 is 14.4. The lowest BCUT2D eigenvalue weighted by Crippen LogP contribution is -2.40. The molecule has 4 rings (SSSR count). The van der Waals surface area contributed by atoms with Crippen LogP contribution in [0.25, 0.3) is 0 Å². The van der Waals surface area contributed by atoms with Crippen molar-refractivity contribution in [1.82, 2.24) is 24.6 Å². The molecule has 2 aliphatic rings. The SMILES string of the molecule is CCn1nc(CCCOC(=O)c2cn(C)cn2)c2c1C(=O)NCC1(CCOCC1)C2. The van der Waals surface area contributed by atoms with Gasteiger partial charge in [0.15, 0.2) is 5.69 Å². The lowest BCUT2D eigenvalue weighted by Gasteiger charge is -2.36. The van der Waals surface area contributed by atoms with Gasteiger partial charge in [0.1, 0.15) is 5.69 Å². The van der Waals surface area contributed by atoms with Crippen molar-refractivity contribution >= 4 is 11.9 Å². The summed E-state index contributed by atoms with van der Waals surface area (Å²) in [6.07, 6.45) is 7.20. The van der Waals surface area contributed by atoms with Crippen molar-refractivity contribution in [3.05, 3.63) is 35.2 Å². The number of carbonyl (C=O) groups is 2. The van der Waals surface area contributed by atoms with E-state index in [1.54, 1.807) is 28.8 Å². The van der Waals surface area contributed by atoms with Crippen LogP contribution >= 0.6 is 0 Å². The predicted molar refractivity (Wildman–Crippen MR) is 108 cm³/mol. The Balaban J connectivity index is 1.46. The molecule has 0 aromatic carbocycles. The van der Waals surface area contributed by atoms with E-state index in [9.17, 15) is 9.59 Å². The summed E-state index contributed by atoms with van der Waals surface area (Å²) in [4.78, 5) is 28.9. The molecule has 2 aromatic heterocycles. The number of fused-ring (bicyclic) bond motifs is 1. The third kappa shape index (κ3) is 4.12. The van der Waals surface area contributed by atoms with E-state index in [2.05, 4.69) is 10.3 Å². The number of nitrogens with zero attached hydrogens (tertiary/aromatic N) is 4. The fourth-order valence-electron chi connectivity index (χ4n) is 4.36. The monoisotopic (exact) mass is 415 g/mol. The van der Waals surface area contributed by atoms with Gasteiger partial charge in [-0.1, -0.05) is 0 Å². The highest BCUT2D eigenvalue weighted by Gasteiger charge is 2.39. The van der Waals surface area contributed by atoms with Crippen LogP contribution in [0.15, 0.2) is 12.5 Å². The van der Waals surface area contributed by atoms with E-state index in [-0.39, 0.29) is 17.9 Å². The highest BCUT2D eigenvalue weighted by atomic mass is 16.5. The Kier molecular flexibility index (Phi) is 5.90. The van der Waals surface area contributed by atoms with Crippen LogP contribution in [0, 0.1) is 5.41 Å². The number of aromatic nitrogens is 4. The molecule has 1 saturated heterocycles. The van der Waals surface area contributed by atoms with Gasteiger partial charge in [-0.05, 0) is 44.4 Å². The van der Waals surface area contributed by atoms with Crippen molar-refractivity contribution in [2.45, 2.75) is 45.6 Å². The number of carbonyl (C=O) groups excluding carboxylic acids is 2. The Morgan fingerprint density at radius 1 is 1.37 bits per heavy atom. The lowest BCUT2D eigenvalue weighted by molar-refractivity contribution is 0.0160. The van der Waals surface area contributed by atoms with Gasteiger partial charge in [-0.25, -0.2) is 9.78 Å². The van der Waals surface area contributed by atoms with Gasteiger partial charge in [0.25, 0.3) is 5.91 Å². The molecule has 2 aromatic rings. The molecule has 30 heavy (non-hydrogen) atoms. The summed E-state index contributed by atoms with van der Waals surface area (Å²) in [7, 11) is 1.81. The molecule has 0 unspecified atom stereocenters. The molecule has 0 atom stereocenters. The van der Waals surface area contributed by atoms with Crippen LogP contribution < -0.4 is 5.32 Å². The maximum atomic E-state index is 12.8. The highest BCUT2D eigenvalue weighted by molar-refractivity contribution is 5.94. The lowest BCUT2D eigenvalue weighted by atomic mass is 9.75. The molecular formula is C21H29N5O4. The third-order valence-corrected chi connectivity index (χ3v) is 6.08. The average Bonchev–Trinajstić information content (AvgIpc) is 3.30. The van der Waals surface area contributed by atoms with E-state index in [0.29, 0.717) is 37.3 Å². The summed E-state index contributed by atoms with van der Waals surface area (Å²) in [6.45, 7) is 5.05. The number of rotatable bonds is 6. The van der Waals surface area contributed by atoms with Gasteiger partial charge in [0, 0.05) is 45.1 Å². The molecule has 0 aliphatic carbocycles. The molecule has 162 valence electrons. The average molecular weight is 415 g/mol. The van der Waals surface area contributed by atoms with Crippen molar-refractivity contribution in [2.24, 2.45) is 12.5 Å². The van der Waals surface area contributed by atoms with Crippen molar-refractivity contribution in [2.75, 3.05) is 26.4 Å². The molecule has 1 N–H and O–H groups in total. The Labute approximate surface area is 175 Å². The highest BCUT2D eigenvalue weighted by Crippen LogP contribution is 2.37. The number of hydrogen-bond acceptors (Lipinski definition) is 6.